The van der Waals surface area contributed by atoms with Gasteiger partial charge in [0.25, 0.3) is 5.88 Å². The summed E-state index contributed by atoms with van der Waals surface area (Å²) in [6, 6.07) is 0. The minimum Gasteiger partial charge on any atom is -0.475 e. The number of nitrogens with zero attached hydrogens (tertiary/aromatic N) is 3. The van der Waals surface area contributed by atoms with E-state index < -0.39 is 29.4 Å². The molecule has 10 heteroatoms. The fourth-order valence-corrected chi connectivity index (χ4v) is 2.16. The molecule has 30 heavy (non-hydrogen) atoms. The van der Waals surface area contributed by atoms with Gasteiger partial charge in [-0.3, -0.25) is 0 Å². The number of esters is 1. The van der Waals surface area contributed by atoms with Crippen molar-refractivity contribution in [2.75, 3.05) is 18.6 Å². The van der Waals surface area contributed by atoms with E-state index in [0.717, 1.165) is 19.0 Å². The number of anilines is 1. The van der Waals surface area contributed by atoms with Crippen LogP contribution in [0.2, 0.25) is 0 Å². The number of hydrogen-bond donors (Lipinski definition) is 0. The van der Waals surface area contributed by atoms with Crippen LogP contribution < -0.4 is 9.64 Å². The zero-order valence-electron chi connectivity index (χ0n) is 18.5. The smallest absolute Gasteiger partial charge is 0.425 e. The summed E-state index contributed by atoms with van der Waals surface area (Å²) in [6.07, 6.45) is 1.08. The summed E-state index contributed by atoms with van der Waals surface area (Å²) in [4.78, 5) is 46.4. The van der Waals surface area contributed by atoms with E-state index in [1.165, 1.54) is 7.11 Å². The molecule has 0 spiro atoms. The van der Waals surface area contributed by atoms with Crippen LogP contribution >= 0.6 is 0 Å². The molecule has 0 aliphatic heterocycles. The number of methoxy groups -OCH3 is 1. The highest BCUT2D eigenvalue weighted by atomic mass is 16.6. The number of carbonyl (C=O) groups is 3. The molecular weight excluding hydrogens is 394 g/mol. The van der Waals surface area contributed by atoms with E-state index in [-0.39, 0.29) is 17.4 Å². The van der Waals surface area contributed by atoms with Crippen LogP contribution in [0.3, 0.4) is 0 Å². The second-order valence-electron chi connectivity index (χ2n) is 8.93. The van der Waals surface area contributed by atoms with Crippen molar-refractivity contribution in [2.45, 2.75) is 65.6 Å². The molecule has 1 aliphatic rings. The van der Waals surface area contributed by atoms with Gasteiger partial charge in [0.15, 0.2) is 5.69 Å². The maximum atomic E-state index is 12.9. The van der Waals surface area contributed by atoms with Crippen LogP contribution in [0.4, 0.5) is 15.4 Å². The molecule has 10 nitrogen and oxygen atoms in total. The average Bonchev–Trinajstić information content (AvgIpc) is 3.41. The topological polar surface area (TPSA) is 117 Å². The Labute approximate surface area is 175 Å². The molecule has 1 aromatic rings. The van der Waals surface area contributed by atoms with E-state index in [1.54, 1.807) is 41.5 Å². The molecule has 1 aliphatic carbocycles. The molecule has 0 aromatic carbocycles. The number of imide groups is 1. The summed E-state index contributed by atoms with van der Waals surface area (Å²) < 4.78 is 21.1. The Bertz CT molecular complexity index is 780. The highest BCUT2D eigenvalue weighted by Crippen LogP contribution is 2.32. The highest BCUT2D eigenvalue weighted by Gasteiger charge is 2.37. The second-order valence-corrected chi connectivity index (χ2v) is 8.93. The van der Waals surface area contributed by atoms with Crippen molar-refractivity contribution in [1.82, 2.24) is 9.97 Å². The third kappa shape index (κ3) is 6.85. The van der Waals surface area contributed by atoms with Crippen LogP contribution in [0.1, 0.15) is 64.9 Å². The number of hydrogen-bond acceptors (Lipinski definition) is 9. The molecule has 0 atom stereocenters. The summed E-state index contributed by atoms with van der Waals surface area (Å²) in [5.74, 6) is -0.780. The van der Waals surface area contributed by atoms with Gasteiger partial charge in [-0.1, -0.05) is 0 Å². The Morgan fingerprint density at radius 2 is 1.57 bits per heavy atom. The number of rotatable bonds is 5. The minimum absolute atomic E-state index is 0.125. The Morgan fingerprint density at radius 3 is 2.00 bits per heavy atom. The SMILES string of the molecule is COC(=O)c1cnc(N(C(=O)OC(C)(C)C)C(=O)OC(C)(C)C)c(OCC2CC2)n1. The van der Waals surface area contributed by atoms with E-state index in [0.29, 0.717) is 17.4 Å². The fourth-order valence-electron chi connectivity index (χ4n) is 2.16. The van der Waals surface area contributed by atoms with Crippen molar-refractivity contribution in [3.05, 3.63) is 11.9 Å². The van der Waals surface area contributed by atoms with Crippen LogP contribution in [0.25, 0.3) is 0 Å². The van der Waals surface area contributed by atoms with Crippen molar-refractivity contribution in [3.63, 3.8) is 0 Å². The van der Waals surface area contributed by atoms with Crippen LogP contribution in [-0.2, 0) is 14.2 Å². The maximum absolute atomic E-state index is 12.9. The normalized spacial score (nSPS) is 14.0. The quantitative estimate of drug-likeness (QED) is 0.515. The van der Waals surface area contributed by atoms with Gasteiger partial charge in [-0.05, 0) is 60.3 Å². The Hall–Kier alpha value is -2.91. The van der Waals surface area contributed by atoms with Crippen LogP contribution in [0, 0.1) is 5.92 Å². The van der Waals surface area contributed by atoms with E-state index in [9.17, 15) is 14.4 Å². The van der Waals surface area contributed by atoms with Gasteiger partial charge in [0, 0.05) is 0 Å². The van der Waals surface area contributed by atoms with Gasteiger partial charge in [-0.15, -0.1) is 0 Å². The van der Waals surface area contributed by atoms with Gasteiger partial charge in [0.2, 0.25) is 5.82 Å². The van der Waals surface area contributed by atoms with E-state index >= 15 is 0 Å². The first kappa shape index (κ1) is 23.4. The predicted octanol–water partition coefficient (Wildman–Crippen LogP) is 3.73. The number of aromatic nitrogens is 2. The number of carbonyl (C=O) groups excluding carboxylic acids is 3. The highest BCUT2D eigenvalue weighted by molar-refractivity contribution is 6.09. The Balaban J connectivity index is 2.48. The third-order valence-corrected chi connectivity index (χ3v) is 3.63. The lowest BCUT2D eigenvalue weighted by atomic mass is 10.2. The van der Waals surface area contributed by atoms with Crippen molar-refractivity contribution in [1.29, 1.82) is 0 Å². The zero-order valence-corrected chi connectivity index (χ0v) is 18.5. The predicted molar refractivity (Wildman–Crippen MR) is 107 cm³/mol. The summed E-state index contributed by atoms with van der Waals surface area (Å²) in [5, 5.41) is 0. The molecule has 1 aromatic heterocycles. The lowest BCUT2D eigenvalue weighted by Gasteiger charge is -2.28. The summed E-state index contributed by atoms with van der Waals surface area (Å²) in [7, 11) is 1.20. The van der Waals surface area contributed by atoms with Crippen LogP contribution in [-0.4, -0.2) is 53.0 Å². The van der Waals surface area contributed by atoms with Crippen molar-refractivity contribution in [2.24, 2.45) is 5.92 Å². The van der Waals surface area contributed by atoms with Gasteiger partial charge in [0.05, 0.1) is 19.9 Å². The second kappa shape index (κ2) is 8.85. The molecular formula is C20H29N3O7. The van der Waals surface area contributed by atoms with Gasteiger partial charge in [0.1, 0.15) is 11.2 Å². The first-order valence-corrected chi connectivity index (χ1v) is 9.65. The molecule has 0 N–H and O–H groups in total. The standard InChI is InChI=1S/C20H29N3O7/c1-19(2,3)29-17(25)23(18(26)30-20(4,5)6)14-15(28-11-12-8-9-12)22-13(10-21-14)16(24)27-7/h10,12H,8-9,11H2,1-7H3. The summed E-state index contributed by atoms with van der Waals surface area (Å²) >= 11 is 0. The van der Waals surface area contributed by atoms with Crippen molar-refractivity contribution < 1.29 is 33.3 Å². The van der Waals surface area contributed by atoms with Gasteiger partial charge >= 0.3 is 18.2 Å². The van der Waals surface area contributed by atoms with Gasteiger partial charge in [-0.2, -0.15) is 4.90 Å². The molecule has 1 heterocycles. The Kier molecular flexibility index (Phi) is 6.89. The summed E-state index contributed by atoms with van der Waals surface area (Å²) in [5.41, 5.74) is -1.89. The van der Waals surface area contributed by atoms with Crippen molar-refractivity contribution >= 4 is 24.0 Å². The van der Waals surface area contributed by atoms with E-state index in [2.05, 4.69) is 14.7 Å². The fraction of sp³-hybridized carbons (Fsp3) is 0.650. The van der Waals surface area contributed by atoms with E-state index in [4.69, 9.17) is 14.2 Å². The van der Waals surface area contributed by atoms with E-state index in [1.807, 2.05) is 0 Å². The average molecular weight is 423 g/mol. The summed E-state index contributed by atoms with van der Waals surface area (Å²) in [6.45, 7) is 10.3. The van der Waals surface area contributed by atoms with Crippen LogP contribution in [0.5, 0.6) is 5.88 Å². The van der Waals surface area contributed by atoms with Crippen LogP contribution in [0.15, 0.2) is 6.20 Å². The molecule has 0 saturated heterocycles. The molecule has 166 valence electrons. The monoisotopic (exact) mass is 423 g/mol. The number of ether oxygens (including phenoxy) is 4. The molecule has 2 amide bonds. The minimum atomic E-state index is -1.01. The molecule has 1 fully saturated rings. The zero-order chi connectivity index (χ0) is 22.7. The van der Waals surface area contributed by atoms with Gasteiger partial charge < -0.3 is 18.9 Å². The molecule has 1 saturated carbocycles. The van der Waals surface area contributed by atoms with Crippen molar-refractivity contribution in [3.8, 4) is 5.88 Å². The largest absolute Gasteiger partial charge is 0.475 e. The first-order valence-electron chi connectivity index (χ1n) is 9.65. The molecule has 0 unspecified atom stereocenters. The molecule has 2 rings (SSSR count). The maximum Gasteiger partial charge on any atom is 0.425 e. The first-order chi connectivity index (χ1) is 13.8. The molecule has 0 radical (unpaired) electrons. The lowest BCUT2D eigenvalue weighted by Crippen LogP contribution is -2.44. The Morgan fingerprint density at radius 1 is 1.03 bits per heavy atom. The lowest BCUT2D eigenvalue weighted by molar-refractivity contribution is 0.0426. The molecule has 0 bridgehead atoms. The van der Waals surface area contributed by atoms with Gasteiger partial charge in [-0.25, -0.2) is 24.4 Å². The third-order valence-electron chi connectivity index (χ3n) is 3.63. The number of amides is 2.